The van der Waals surface area contributed by atoms with E-state index in [1.165, 1.54) is 0 Å². The van der Waals surface area contributed by atoms with E-state index in [1.54, 1.807) is 6.92 Å². The average Bonchev–Trinajstić information content (AvgIpc) is 2.72. The maximum absolute atomic E-state index is 11.7. The second kappa shape index (κ2) is 5.63. The second-order valence-corrected chi connectivity index (χ2v) is 5.23. The fourth-order valence-electron chi connectivity index (χ4n) is 2.39. The Morgan fingerprint density at radius 3 is 2.89 bits per heavy atom. The van der Waals surface area contributed by atoms with Crippen LogP contribution in [0.5, 0.6) is 0 Å². The Morgan fingerprint density at radius 1 is 1.56 bits per heavy atom. The van der Waals surface area contributed by atoms with E-state index in [0.29, 0.717) is 38.0 Å². The highest BCUT2D eigenvalue weighted by atomic mass is 32.1. The lowest BCUT2D eigenvalue weighted by molar-refractivity contribution is -0.174. The Kier molecular flexibility index (Phi) is 4.35. The van der Waals surface area contributed by atoms with Gasteiger partial charge in [0.15, 0.2) is 5.79 Å². The predicted molar refractivity (Wildman–Crippen MR) is 70.3 cm³/mol. The number of carbonyl (C=O) groups excluding carboxylic acids is 1. The van der Waals surface area contributed by atoms with Crippen molar-refractivity contribution in [3.05, 3.63) is 10.5 Å². The summed E-state index contributed by atoms with van der Waals surface area (Å²) >= 11 is 4.42. The van der Waals surface area contributed by atoms with Gasteiger partial charge in [0, 0.05) is 18.4 Å². The van der Waals surface area contributed by atoms with Crippen molar-refractivity contribution in [2.24, 2.45) is 0 Å². The van der Waals surface area contributed by atoms with Gasteiger partial charge in [-0.3, -0.25) is 0 Å². The van der Waals surface area contributed by atoms with Gasteiger partial charge in [0.25, 0.3) is 0 Å². The largest absolute Gasteiger partial charge is 0.463 e. The zero-order valence-electron chi connectivity index (χ0n) is 10.9. The topological polar surface area (TPSA) is 44.8 Å². The molecule has 0 radical (unpaired) electrons. The van der Waals surface area contributed by atoms with Crippen molar-refractivity contribution in [1.29, 1.82) is 0 Å². The molecule has 4 nitrogen and oxygen atoms in total. The molecule has 0 bridgehead atoms. The number of esters is 1. The number of ether oxygens (including phenoxy) is 3. The highest BCUT2D eigenvalue weighted by molar-refractivity contribution is 7.84. The van der Waals surface area contributed by atoms with Gasteiger partial charge < -0.3 is 14.2 Å². The highest BCUT2D eigenvalue weighted by Gasteiger charge is 2.44. The van der Waals surface area contributed by atoms with Gasteiger partial charge in [-0.05, 0) is 24.7 Å². The summed E-state index contributed by atoms with van der Waals surface area (Å²) in [4.78, 5) is 12.5. The summed E-state index contributed by atoms with van der Waals surface area (Å²) in [6.45, 7) is 4.90. The third-order valence-electron chi connectivity index (χ3n) is 3.43. The summed E-state index contributed by atoms with van der Waals surface area (Å²) in [7, 11) is 0. The van der Waals surface area contributed by atoms with Gasteiger partial charge in [0.2, 0.25) is 0 Å². The van der Waals surface area contributed by atoms with Crippen LogP contribution < -0.4 is 0 Å². The Bertz CT molecular complexity index is 366. The van der Waals surface area contributed by atoms with Crippen molar-refractivity contribution in [1.82, 2.24) is 0 Å². The standard InChI is InChI=1S/C13H20O4S/c1-3-9-8-16-13(17-9)6-5-10(11(18)7-13)12(14)15-4-2/h9,18H,3-8H2,1-2H3. The highest BCUT2D eigenvalue weighted by Crippen LogP contribution is 2.42. The molecule has 5 heteroatoms. The summed E-state index contributed by atoms with van der Waals surface area (Å²) in [5, 5.41) is 0. The molecular formula is C13H20O4S. The van der Waals surface area contributed by atoms with E-state index in [4.69, 9.17) is 14.2 Å². The van der Waals surface area contributed by atoms with Gasteiger partial charge >= 0.3 is 5.97 Å². The van der Waals surface area contributed by atoms with Gasteiger partial charge in [0.1, 0.15) is 0 Å². The quantitative estimate of drug-likeness (QED) is 0.633. The van der Waals surface area contributed by atoms with Crippen LogP contribution in [-0.4, -0.2) is 31.1 Å². The first-order chi connectivity index (χ1) is 8.60. The minimum Gasteiger partial charge on any atom is -0.463 e. The molecule has 1 fully saturated rings. The van der Waals surface area contributed by atoms with Crippen molar-refractivity contribution < 1.29 is 19.0 Å². The molecule has 18 heavy (non-hydrogen) atoms. The number of hydrogen-bond acceptors (Lipinski definition) is 5. The lowest BCUT2D eigenvalue weighted by Gasteiger charge is -2.32. The zero-order valence-corrected chi connectivity index (χ0v) is 11.8. The summed E-state index contributed by atoms with van der Waals surface area (Å²) in [5.74, 6) is -0.823. The van der Waals surface area contributed by atoms with E-state index in [2.05, 4.69) is 19.6 Å². The first-order valence-electron chi connectivity index (χ1n) is 6.50. The van der Waals surface area contributed by atoms with Gasteiger partial charge in [-0.2, -0.15) is 0 Å². The van der Waals surface area contributed by atoms with Gasteiger partial charge in [-0.25, -0.2) is 4.79 Å². The normalized spacial score (nSPS) is 32.1. The number of carbonyl (C=O) groups is 1. The molecule has 102 valence electrons. The van der Waals surface area contributed by atoms with Crippen molar-refractivity contribution >= 4 is 18.6 Å². The first kappa shape index (κ1) is 13.9. The SMILES string of the molecule is CCOC(=O)C1=C(S)CC2(CC1)OCC(CC)O2. The molecule has 0 amide bonds. The number of rotatable bonds is 3. The van der Waals surface area contributed by atoms with E-state index in [1.807, 2.05) is 0 Å². The fraction of sp³-hybridized carbons (Fsp3) is 0.769. The molecular weight excluding hydrogens is 252 g/mol. The van der Waals surface area contributed by atoms with E-state index < -0.39 is 5.79 Å². The van der Waals surface area contributed by atoms with Crippen molar-refractivity contribution in [3.8, 4) is 0 Å². The zero-order chi connectivity index (χ0) is 13.2. The third-order valence-corrected chi connectivity index (χ3v) is 3.86. The van der Waals surface area contributed by atoms with Crippen LogP contribution in [-0.2, 0) is 19.0 Å². The molecule has 1 heterocycles. The van der Waals surface area contributed by atoms with Crippen LogP contribution in [0.1, 0.15) is 39.5 Å². The molecule has 0 aromatic rings. The van der Waals surface area contributed by atoms with Crippen LogP contribution in [0, 0.1) is 0 Å². The van der Waals surface area contributed by atoms with Gasteiger partial charge in [0.05, 0.1) is 19.3 Å². The Hall–Kier alpha value is -0.520. The smallest absolute Gasteiger partial charge is 0.334 e. The fourth-order valence-corrected chi connectivity index (χ4v) is 2.83. The Balaban J connectivity index is 2.06. The molecule has 0 N–H and O–H groups in total. The minimum atomic E-state index is -0.562. The summed E-state index contributed by atoms with van der Waals surface area (Å²) in [6, 6.07) is 0. The van der Waals surface area contributed by atoms with Crippen molar-refractivity contribution in [2.45, 2.75) is 51.4 Å². The van der Waals surface area contributed by atoms with E-state index in [-0.39, 0.29) is 12.1 Å². The Labute approximate surface area is 113 Å². The van der Waals surface area contributed by atoms with E-state index in [0.717, 1.165) is 11.3 Å². The second-order valence-electron chi connectivity index (χ2n) is 4.69. The summed E-state index contributed by atoms with van der Waals surface area (Å²) in [6.07, 6.45) is 2.95. The molecule has 1 spiro atoms. The molecule has 0 aromatic carbocycles. The molecule has 2 unspecified atom stereocenters. The van der Waals surface area contributed by atoms with Crippen LogP contribution >= 0.6 is 12.6 Å². The lowest BCUT2D eigenvalue weighted by atomic mass is 9.93. The molecule has 2 rings (SSSR count). The summed E-state index contributed by atoms with van der Waals surface area (Å²) < 4.78 is 16.7. The van der Waals surface area contributed by atoms with Crippen LogP contribution in [0.15, 0.2) is 10.5 Å². The maximum atomic E-state index is 11.7. The number of thiol groups is 1. The van der Waals surface area contributed by atoms with Gasteiger partial charge in [-0.1, -0.05) is 6.92 Å². The molecule has 2 atom stereocenters. The maximum Gasteiger partial charge on any atom is 0.334 e. The van der Waals surface area contributed by atoms with Crippen LogP contribution in [0.4, 0.5) is 0 Å². The van der Waals surface area contributed by atoms with Crippen molar-refractivity contribution in [3.63, 3.8) is 0 Å². The van der Waals surface area contributed by atoms with Gasteiger partial charge in [-0.15, -0.1) is 12.6 Å². The summed E-state index contributed by atoms with van der Waals surface area (Å²) in [5.41, 5.74) is 0.665. The van der Waals surface area contributed by atoms with Crippen molar-refractivity contribution in [2.75, 3.05) is 13.2 Å². The average molecular weight is 272 g/mol. The molecule has 2 aliphatic rings. The predicted octanol–water partition coefficient (Wildman–Crippen LogP) is 2.44. The number of hydrogen-bond donors (Lipinski definition) is 1. The minimum absolute atomic E-state index is 0.162. The molecule has 1 aliphatic carbocycles. The monoisotopic (exact) mass is 272 g/mol. The van der Waals surface area contributed by atoms with Crippen LogP contribution in [0.2, 0.25) is 0 Å². The molecule has 0 saturated carbocycles. The van der Waals surface area contributed by atoms with E-state index in [9.17, 15) is 4.79 Å². The molecule has 1 saturated heterocycles. The van der Waals surface area contributed by atoms with E-state index >= 15 is 0 Å². The molecule has 0 aromatic heterocycles. The lowest BCUT2D eigenvalue weighted by Crippen LogP contribution is -2.35. The Morgan fingerprint density at radius 2 is 2.33 bits per heavy atom. The third kappa shape index (κ3) is 2.73. The van der Waals surface area contributed by atoms with Crippen LogP contribution in [0.25, 0.3) is 0 Å². The first-order valence-corrected chi connectivity index (χ1v) is 6.95. The van der Waals surface area contributed by atoms with Crippen LogP contribution in [0.3, 0.4) is 0 Å². The molecule has 1 aliphatic heterocycles.